The Bertz CT molecular complexity index is 303. The second kappa shape index (κ2) is 4.63. The van der Waals surface area contributed by atoms with Gasteiger partial charge in [0, 0.05) is 20.6 Å². The molecule has 0 atom stereocenters. The number of rotatable bonds is 3. The quantitative estimate of drug-likeness (QED) is 0.783. The molecule has 0 aromatic heterocycles. The summed E-state index contributed by atoms with van der Waals surface area (Å²) < 4.78 is 36.6. The normalized spacial score (nSPS) is 12.1. The van der Waals surface area contributed by atoms with Crippen molar-refractivity contribution in [3.8, 4) is 0 Å². The first kappa shape index (κ1) is 12.0. The van der Waals surface area contributed by atoms with E-state index in [1.54, 1.807) is 5.01 Å². The van der Waals surface area contributed by atoms with E-state index >= 15 is 0 Å². The van der Waals surface area contributed by atoms with Crippen molar-refractivity contribution in [3.63, 3.8) is 0 Å². The molecule has 0 bridgehead atoms. The van der Waals surface area contributed by atoms with Crippen LogP contribution in [0.1, 0.15) is 11.1 Å². The van der Waals surface area contributed by atoms with Crippen molar-refractivity contribution in [2.24, 2.45) is 0 Å². The summed E-state index contributed by atoms with van der Waals surface area (Å²) in [6.45, 7) is 0.519. The smallest absolute Gasteiger partial charge is 0.251 e. The highest BCUT2D eigenvalue weighted by atomic mass is 19.4. The molecule has 84 valence electrons. The van der Waals surface area contributed by atoms with E-state index in [9.17, 15) is 13.2 Å². The standard InChI is InChI=1S/C10H13F3N2/c1-15(2)14-7-8-3-5-9(6-4-8)10(11,12)13/h3-6,14H,7H2,1-2H3. The lowest BCUT2D eigenvalue weighted by atomic mass is 10.1. The predicted molar refractivity (Wildman–Crippen MR) is 52.0 cm³/mol. The van der Waals surface area contributed by atoms with Crippen LogP contribution in [0, 0.1) is 0 Å². The zero-order valence-corrected chi connectivity index (χ0v) is 8.60. The van der Waals surface area contributed by atoms with Crippen LogP contribution in [-0.4, -0.2) is 19.1 Å². The fourth-order valence-electron chi connectivity index (χ4n) is 1.06. The Morgan fingerprint density at radius 1 is 1.13 bits per heavy atom. The van der Waals surface area contributed by atoms with Crippen molar-refractivity contribution in [3.05, 3.63) is 35.4 Å². The molecule has 0 spiro atoms. The summed E-state index contributed by atoms with van der Waals surface area (Å²) in [5, 5.41) is 1.75. The molecule has 0 heterocycles. The molecule has 0 aliphatic carbocycles. The minimum Gasteiger partial charge on any atom is -0.251 e. The average Bonchev–Trinajstić information content (AvgIpc) is 2.14. The molecule has 0 amide bonds. The molecule has 0 radical (unpaired) electrons. The van der Waals surface area contributed by atoms with Crippen LogP contribution in [0.25, 0.3) is 0 Å². The molecule has 0 fully saturated rings. The van der Waals surface area contributed by atoms with Crippen molar-refractivity contribution in [2.45, 2.75) is 12.7 Å². The second-order valence-electron chi connectivity index (χ2n) is 3.42. The summed E-state index contributed by atoms with van der Waals surface area (Å²) in [6.07, 6.45) is -4.26. The fourth-order valence-corrected chi connectivity index (χ4v) is 1.06. The molecule has 2 nitrogen and oxygen atoms in total. The van der Waals surface area contributed by atoms with E-state index in [0.29, 0.717) is 6.54 Å². The third-order valence-electron chi connectivity index (χ3n) is 1.88. The number of nitrogens with zero attached hydrogens (tertiary/aromatic N) is 1. The molecule has 1 N–H and O–H groups in total. The Morgan fingerprint density at radius 3 is 2.07 bits per heavy atom. The summed E-state index contributed by atoms with van der Waals surface area (Å²) in [4.78, 5) is 0. The van der Waals surface area contributed by atoms with Gasteiger partial charge in [-0.25, -0.2) is 0 Å². The summed E-state index contributed by atoms with van der Waals surface area (Å²) in [5.74, 6) is 0. The Kier molecular flexibility index (Phi) is 3.71. The fraction of sp³-hybridized carbons (Fsp3) is 0.400. The maximum Gasteiger partial charge on any atom is 0.416 e. The maximum atomic E-state index is 12.2. The highest BCUT2D eigenvalue weighted by Crippen LogP contribution is 2.28. The Morgan fingerprint density at radius 2 is 1.67 bits per heavy atom. The molecule has 0 saturated heterocycles. The molecule has 5 heteroatoms. The molecule has 0 aliphatic rings. The predicted octanol–water partition coefficient (Wildman–Crippen LogP) is 2.27. The lowest BCUT2D eigenvalue weighted by Crippen LogP contribution is -2.29. The van der Waals surface area contributed by atoms with E-state index in [2.05, 4.69) is 5.43 Å². The second-order valence-corrected chi connectivity index (χ2v) is 3.42. The number of benzene rings is 1. The maximum absolute atomic E-state index is 12.2. The van der Waals surface area contributed by atoms with Crippen LogP contribution in [0.2, 0.25) is 0 Å². The highest BCUT2D eigenvalue weighted by Gasteiger charge is 2.29. The summed E-state index contributed by atoms with van der Waals surface area (Å²) >= 11 is 0. The molecule has 1 aromatic rings. The van der Waals surface area contributed by atoms with Crippen LogP contribution >= 0.6 is 0 Å². The van der Waals surface area contributed by atoms with Crippen LogP contribution in [0.3, 0.4) is 0 Å². The van der Waals surface area contributed by atoms with Gasteiger partial charge in [0.15, 0.2) is 0 Å². The molecule has 1 rings (SSSR count). The Balaban J connectivity index is 2.65. The first-order valence-corrected chi connectivity index (χ1v) is 4.46. The largest absolute Gasteiger partial charge is 0.416 e. The van der Waals surface area contributed by atoms with Crippen LogP contribution in [0.15, 0.2) is 24.3 Å². The van der Waals surface area contributed by atoms with Gasteiger partial charge in [0.1, 0.15) is 0 Å². The zero-order valence-electron chi connectivity index (χ0n) is 8.60. The van der Waals surface area contributed by atoms with Crippen molar-refractivity contribution >= 4 is 0 Å². The number of halogens is 3. The van der Waals surface area contributed by atoms with Gasteiger partial charge in [-0.3, -0.25) is 10.4 Å². The van der Waals surface area contributed by atoms with E-state index in [0.717, 1.165) is 17.7 Å². The van der Waals surface area contributed by atoms with Crippen molar-refractivity contribution in [1.82, 2.24) is 10.4 Å². The zero-order chi connectivity index (χ0) is 11.5. The van der Waals surface area contributed by atoms with Crippen molar-refractivity contribution in [2.75, 3.05) is 14.1 Å². The molecule has 0 saturated carbocycles. The third kappa shape index (κ3) is 3.89. The summed E-state index contributed by atoms with van der Waals surface area (Å²) in [7, 11) is 3.65. The van der Waals surface area contributed by atoms with Crippen LogP contribution in [0.4, 0.5) is 13.2 Å². The van der Waals surface area contributed by atoms with E-state index in [4.69, 9.17) is 0 Å². The number of hydrogen-bond acceptors (Lipinski definition) is 2. The lowest BCUT2D eigenvalue weighted by Gasteiger charge is -2.12. The van der Waals surface area contributed by atoms with E-state index in [1.807, 2.05) is 14.1 Å². The van der Waals surface area contributed by atoms with Crippen LogP contribution < -0.4 is 5.43 Å². The monoisotopic (exact) mass is 218 g/mol. The van der Waals surface area contributed by atoms with Crippen LogP contribution in [0.5, 0.6) is 0 Å². The topological polar surface area (TPSA) is 15.3 Å². The summed E-state index contributed by atoms with van der Waals surface area (Å²) in [6, 6.07) is 5.12. The number of hydrogen-bond donors (Lipinski definition) is 1. The van der Waals surface area contributed by atoms with E-state index in [-0.39, 0.29) is 0 Å². The number of hydrazine groups is 1. The van der Waals surface area contributed by atoms with Gasteiger partial charge in [-0.2, -0.15) is 13.2 Å². The average molecular weight is 218 g/mol. The van der Waals surface area contributed by atoms with Crippen molar-refractivity contribution in [1.29, 1.82) is 0 Å². The van der Waals surface area contributed by atoms with Gasteiger partial charge in [0.2, 0.25) is 0 Å². The van der Waals surface area contributed by atoms with Gasteiger partial charge >= 0.3 is 6.18 Å². The van der Waals surface area contributed by atoms with Crippen molar-refractivity contribution < 1.29 is 13.2 Å². The summed E-state index contributed by atoms with van der Waals surface area (Å²) in [5.41, 5.74) is 3.17. The molecular weight excluding hydrogens is 205 g/mol. The van der Waals surface area contributed by atoms with Gasteiger partial charge in [-0.05, 0) is 17.7 Å². The molecule has 1 aromatic carbocycles. The minimum atomic E-state index is -4.26. The highest BCUT2D eigenvalue weighted by molar-refractivity contribution is 5.24. The molecular formula is C10H13F3N2. The van der Waals surface area contributed by atoms with Gasteiger partial charge in [0.05, 0.1) is 5.56 Å². The number of nitrogens with one attached hydrogen (secondary N) is 1. The van der Waals surface area contributed by atoms with E-state index < -0.39 is 11.7 Å². The first-order valence-electron chi connectivity index (χ1n) is 4.46. The van der Waals surface area contributed by atoms with Gasteiger partial charge in [-0.1, -0.05) is 12.1 Å². The van der Waals surface area contributed by atoms with Gasteiger partial charge < -0.3 is 0 Å². The van der Waals surface area contributed by atoms with Gasteiger partial charge in [0.25, 0.3) is 0 Å². The SMILES string of the molecule is CN(C)NCc1ccc(C(F)(F)F)cc1. The minimum absolute atomic E-state index is 0.519. The molecule has 0 unspecified atom stereocenters. The molecule has 0 aliphatic heterocycles. The number of alkyl halides is 3. The Hall–Kier alpha value is -1.07. The molecule has 15 heavy (non-hydrogen) atoms. The Labute approximate surface area is 86.7 Å². The third-order valence-corrected chi connectivity index (χ3v) is 1.88. The van der Waals surface area contributed by atoms with Crippen LogP contribution in [-0.2, 0) is 12.7 Å². The van der Waals surface area contributed by atoms with E-state index in [1.165, 1.54) is 12.1 Å². The first-order chi connectivity index (χ1) is 6.89. The van der Waals surface area contributed by atoms with Gasteiger partial charge in [-0.15, -0.1) is 0 Å². The lowest BCUT2D eigenvalue weighted by molar-refractivity contribution is -0.137.